The van der Waals surface area contributed by atoms with Gasteiger partial charge >= 0.3 is 5.97 Å². The van der Waals surface area contributed by atoms with E-state index in [9.17, 15) is 14.4 Å². The second-order valence-electron chi connectivity index (χ2n) is 9.01. The molecule has 2 rings (SSSR count). The maximum atomic E-state index is 13.2. The first-order valence-corrected chi connectivity index (χ1v) is 8.78. The Morgan fingerprint density at radius 1 is 1.27 bits per heavy atom. The number of nitrogens with zero attached hydrogens (tertiary/aromatic N) is 1. The van der Waals surface area contributed by atoms with Crippen molar-refractivity contribution in [3.63, 3.8) is 0 Å². The molecule has 0 spiro atoms. The van der Waals surface area contributed by atoms with Crippen LogP contribution in [-0.4, -0.2) is 54.5 Å². The van der Waals surface area contributed by atoms with E-state index in [2.05, 4.69) is 19.2 Å². The summed E-state index contributed by atoms with van der Waals surface area (Å²) in [4.78, 5) is 39.2. The number of nitrogens with two attached hydrogens (primary N) is 1. The molecule has 26 heavy (non-hydrogen) atoms. The van der Waals surface area contributed by atoms with Gasteiger partial charge in [-0.3, -0.25) is 9.59 Å². The van der Waals surface area contributed by atoms with Crippen molar-refractivity contribution in [2.24, 2.45) is 28.4 Å². The van der Waals surface area contributed by atoms with Gasteiger partial charge in [0.15, 0.2) is 0 Å². The highest BCUT2D eigenvalue weighted by Crippen LogP contribution is 2.65. The number of fused-ring (bicyclic) bond motifs is 1. The first-order chi connectivity index (χ1) is 11.3. The quantitative estimate of drug-likeness (QED) is 0.697. The first-order valence-electron chi connectivity index (χ1n) is 8.78. The van der Waals surface area contributed by atoms with Crippen molar-refractivity contribution in [2.75, 3.05) is 13.7 Å². The van der Waals surface area contributed by atoms with E-state index in [1.165, 1.54) is 7.11 Å². The number of carbonyl (C=O) groups excluding carboxylic acids is 3. The van der Waals surface area contributed by atoms with Crippen LogP contribution in [0.5, 0.6) is 0 Å². The van der Waals surface area contributed by atoms with Crippen molar-refractivity contribution in [1.29, 1.82) is 0 Å². The number of rotatable bonds is 4. The van der Waals surface area contributed by atoms with Gasteiger partial charge < -0.3 is 20.7 Å². The fourth-order valence-electron chi connectivity index (χ4n) is 3.99. The van der Waals surface area contributed by atoms with Crippen LogP contribution in [0.3, 0.4) is 0 Å². The largest absolute Gasteiger partial charge is 0.467 e. The lowest BCUT2D eigenvalue weighted by Crippen LogP contribution is -2.59. The zero-order valence-electron chi connectivity index (χ0n) is 16.7. The highest BCUT2D eigenvalue weighted by molar-refractivity contribution is 5.93. The minimum absolute atomic E-state index is 0. The summed E-state index contributed by atoms with van der Waals surface area (Å²) in [6.07, 6.45) is 0. The normalized spacial score (nSPS) is 28.3. The number of amides is 2. The number of ether oxygens (including phenoxy) is 1. The number of piperidine rings is 1. The maximum Gasteiger partial charge on any atom is 0.328 e. The number of methoxy groups -OCH3 is 1. The molecule has 8 heteroatoms. The summed E-state index contributed by atoms with van der Waals surface area (Å²) in [7, 11) is 1.34. The number of nitrogens with one attached hydrogen (secondary N) is 1. The number of carbonyl (C=O) groups is 3. The zero-order chi connectivity index (χ0) is 19.3. The Labute approximate surface area is 161 Å². The van der Waals surface area contributed by atoms with Crippen LogP contribution in [0.25, 0.3) is 0 Å². The molecule has 1 aliphatic carbocycles. The molecule has 150 valence electrons. The maximum absolute atomic E-state index is 13.2. The van der Waals surface area contributed by atoms with Crippen LogP contribution >= 0.6 is 12.4 Å². The second-order valence-corrected chi connectivity index (χ2v) is 9.01. The van der Waals surface area contributed by atoms with E-state index in [4.69, 9.17) is 10.5 Å². The molecule has 0 aromatic carbocycles. The minimum atomic E-state index is -0.751. The Hall–Kier alpha value is -1.34. The smallest absolute Gasteiger partial charge is 0.328 e. The number of esters is 1. The first kappa shape index (κ1) is 22.7. The van der Waals surface area contributed by atoms with E-state index in [0.29, 0.717) is 6.54 Å². The average Bonchev–Trinajstić information content (AvgIpc) is 2.87. The van der Waals surface area contributed by atoms with Crippen molar-refractivity contribution in [3.8, 4) is 0 Å². The molecule has 0 radical (unpaired) electrons. The van der Waals surface area contributed by atoms with Crippen LogP contribution in [0.4, 0.5) is 0 Å². The van der Waals surface area contributed by atoms with E-state index < -0.39 is 29.5 Å². The highest BCUT2D eigenvalue weighted by atomic mass is 35.5. The predicted molar refractivity (Wildman–Crippen MR) is 101 cm³/mol. The Morgan fingerprint density at radius 2 is 1.81 bits per heavy atom. The number of halogens is 1. The van der Waals surface area contributed by atoms with E-state index in [1.807, 2.05) is 20.8 Å². The van der Waals surface area contributed by atoms with Crippen molar-refractivity contribution >= 4 is 30.2 Å². The molecule has 0 bridgehead atoms. The van der Waals surface area contributed by atoms with Gasteiger partial charge in [0.1, 0.15) is 12.1 Å². The summed E-state index contributed by atoms with van der Waals surface area (Å²) < 4.78 is 4.95. The SMILES string of the molecule is COC(=O)[C@@H]1[C@@H]2[C@H](CN1C(=O)C(NC(=O)C(C)N)C(C)(C)C)C2(C)C.Cl. The highest BCUT2D eigenvalue weighted by Gasteiger charge is 2.70. The molecular weight excluding hydrogens is 358 g/mol. The summed E-state index contributed by atoms with van der Waals surface area (Å²) in [5.41, 5.74) is 5.15. The molecule has 2 aliphatic rings. The van der Waals surface area contributed by atoms with Gasteiger partial charge in [0.2, 0.25) is 11.8 Å². The van der Waals surface area contributed by atoms with E-state index >= 15 is 0 Å². The molecule has 0 aromatic heterocycles. The van der Waals surface area contributed by atoms with Gasteiger partial charge in [-0.1, -0.05) is 34.6 Å². The van der Waals surface area contributed by atoms with Crippen LogP contribution in [-0.2, 0) is 19.1 Å². The lowest BCUT2D eigenvalue weighted by atomic mass is 9.85. The van der Waals surface area contributed by atoms with Gasteiger partial charge in [-0.2, -0.15) is 0 Å². The summed E-state index contributed by atoms with van der Waals surface area (Å²) in [5.74, 6) is -0.635. The molecule has 2 amide bonds. The molecule has 1 aliphatic heterocycles. The third-order valence-electron chi connectivity index (χ3n) is 5.75. The molecule has 5 atom stereocenters. The van der Waals surface area contributed by atoms with Gasteiger partial charge in [0.05, 0.1) is 13.2 Å². The average molecular weight is 390 g/mol. The predicted octanol–water partition coefficient (Wildman–Crippen LogP) is 0.942. The third-order valence-corrected chi connectivity index (χ3v) is 5.75. The molecule has 2 fully saturated rings. The van der Waals surface area contributed by atoms with Crippen molar-refractivity contribution in [3.05, 3.63) is 0 Å². The van der Waals surface area contributed by atoms with Crippen molar-refractivity contribution in [2.45, 2.75) is 59.7 Å². The molecule has 1 heterocycles. The van der Waals surface area contributed by atoms with Crippen molar-refractivity contribution < 1.29 is 19.1 Å². The molecule has 7 nitrogen and oxygen atoms in total. The zero-order valence-corrected chi connectivity index (χ0v) is 17.5. The number of hydrogen-bond acceptors (Lipinski definition) is 5. The van der Waals surface area contributed by atoms with Crippen LogP contribution in [0, 0.1) is 22.7 Å². The summed E-state index contributed by atoms with van der Waals surface area (Å²) in [6.45, 7) is 11.9. The van der Waals surface area contributed by atoms with Crippen LogP contribution < -0.4 is 11.1 Å². The van der Waals surface area contributed by atoms with Gasteiger partial charge in [0.25, 0.3) is 0 Å². The Bertz CT molecular complexity index is 585. The van der Waals surface area contributed by atoms with E-state index in [1.54, 1.807) is 11.8 Å². The van der Waals surface area contributed by atoms with Crippen LogP contribution in [0.15, 0.2) is 0 Å². The van der Waals surface area contributed by atoms with Gasteiger partial charge in [-0.15, -0.1) is 12.4 Å². The summed E-state index contributed by atoms with van der Waals surface area (Å²) in [5, 5.41) is 2.75. The van der Waals surface area contributed by atoms with Crippen LogP contribution in [0.2, 0.25) is 0 Å². The molecular formula is C18H32ClN3O4. The molecule has 1 saturated heterocycles. The summed E-state index contributed by atoms with van der Waals surface area (Å²) in [6, 6.07) is -2.05. The monoisotopic (exact) mass is 389 g/mol. The Morgan fingerprint density at radius 3 is 2.23 bits per heavy atom. The van der Waals surface area contributed by atoms with E-state index in [0.717, 1.165) is 0 Å². The Balaban J connectivity index is 0.00000338. The fourth-order valence-corrected chi connectivity index (χ4v) is 3.99. The van der Waals surface area contributed by atoms with E-state index in [-0.39, 0.29) is 41.5 Å². The number of likely N-dealkylation sites (tertiary alicyclic amines) is 1. The molecule has 0 aromatic rings. The van der Waals surface area contributed by atoms with Crippen LogP contribution in [0.1, 0.15) is 41.5 Å². The fraction of sp³-hybridized carbons (Fsp3) is 0.833. The minimum Gasteiger partial charge on any atom is -0.467 e. The van der Waals surface area contributed by atoms with Crippen molar-refractivity contribution in [1.82, 2.24) is 10.2 Å². The second kappa shape index (κ2) is 7.35. The molecule has 1 saturated carbocycles. The number of hydrogen-bond donors (Lipinski definition) is 2. The standard InChI is InChI=1S/C18H31N3O4.ClH/c1-9(19)14(22)20-13(17(2,3)4)15(23)21-8-10-11(18(10,5)6)12(21)16(24)25-7;/h9-13H,8,19H2,1-7H3,(H,20,22);1H/t9?,10-,11-,12-,13?;/m0./s1. The third kappa shape index (κ3) is 3.83. The lowest BCUT2D eigenvalue weighted by Gasteiger charge is -2.37. The lowest BCUT2D eigenvalue weighted by molar-refractivity contribution is -0.155. The van der Waals surface area contributed by atoms with Gasteiger partial charge in [0, 0.05) is 12.5 Å². The molecule has 2 unspecified atom stereocenters. The topological polar surface area (TPSA) is 102 Å². The molecule has 3 N–H and O–H groups in total. The Kier molecular flexibility index (Phi) is 6.42. The summed E-state index contributed by atoms with van der Waals surface area (Å²) >= 11 is 0. The van der Waals surface area contributed by atoms with Gasteiger partial charge in [-0.25, -0.2) is 4.79 Å². The van der Waals surface area contributed by atoms with Gasteiger partial charge in [-0.05, 0) is 23.7 Å².